The van der Waals surface area contributed by atoms with Gasteiger partial charge in [0.1, 0.15) is 5.82 Å². The molecular formula is C27H33F2N7O3S. The average molecular weight is 574 g/mol. The van der Waals surface area contributed by atoms with Crippen molar-refractivity contribution < 1.29 is 22.6 Å². The third-order valence-corrected chi connectivity index (χ3v) is 8.39. The van der Waals surface area contributed by atoms with E-state index < -0.39 is 27.5 Å². The van der Waals surface area contributed by atoms with Crippen molar-refractivity contribution >= 4 is 33.0 Å². The minimum Gasteiger partial charge on any atom is -0.356 e. The van der Waals surface area contributed by atoms with Crippen LogP contribution in [-0.4, -0.2) is 69.6 Å². The third-order valence-electron chi connectivity index (χ3n) is 6.71. The lowest BCUT2D eigenvalue weighted by atomic mass is 9.99. The summed E-state index contributed by atoms with van der Waals surface area (Å²) in [7, 11) is 0.310. The molecule has 0 aliphatic carbocycles. The minimum atomic E-state index is -3.06. The summed E-state index contributed by atoms with van der Waals surface area (Å²) in [5.41, 5.74) is 2.66. The number of anilines is 2. The monoisotopic (exact) mass is 573 g/mol. The van der Waals surface area contributed by atoms with Gasteiger partial charge in [0, 0.05) is 73.3 Å². The molecule has 214 valence electrons. The summed E-state index contributed by atoms with van der Waals surface area (Å²) < 4.78 is 46.9. The fraction of sp³-hybridized carbons (Fsp3) is 0.407. The van der Waals surface area contributed by atoms with Gasteiger partial charge in [-0.1, -0.05) is 6.07 Å². The van der Waals surface area contributed by atoms with Gasteiger partial charge >= 0.3 is 0 Å². The molecule has 2 aromatic heterocycles. The van der Waals surface area contributed by atoms with Gasteiger partial charge in [-0.05, 0) is 44.2 Å². The van der Waals surface area contributed by atoms with Crippen molar-refractivity contribution in [1.29, 1.82) is 0 Å². The van der Waals surface area contributed by atoms with Crippen molar-refractivity contribution in [2.75, 3.05) is 43.2 Å². The number of hydrogen-bond donors (Lipinski definition) is 2. The molecule has 3 aromatic rings. The number of aryl methyl sites for hydroxylation is 1. The van der Waals surface area contributed by atoms with Crippen LogP contribution >= 0.6 is 0 Å². The van der Waals surface area contributed by atoms with Gasteiger partial charge in [0.15, 0.2) is 0 Å². The maximum atomic E-state index is 14.1. The second-order valence-corrected chi connectivity index (χ2v) is 12.2. The number of nitrogens with one attached hydrogen (secondary N) is 2. The van der Waals surface area contributed by atoms with Gasteiger partial charge in [-0.2, -0.15) is 9.46 Å². The fourth-order valence-corrected chi connectivity index (χ4v) is 5.90. The fourth-order valence-electron chi connectivity index (χ4n) is 4.66. The molecule has 1 atom stereocenters. The standard InChI is InChI=1S/C27H33F2N7O3S/c1-18-22(19-14-32-35(3)17-19)15-31-25(36-11-6-9-27(28,29)10-12-36)24(18)26(38)33-20-7-5-8-21(13-20)40(4,39)34-23(37)16-30-2/h5,7-8,13-15,17,30H,6,9-12,16H2,1-4H3,(H,33,38). The summed E-state index contributed by atoms with van der Waals surface area (Å²) in [6.45, 7) is 2.13. The predicted molar refractivity (Wildman–Crippen MR) is 150 cm³/mol. The largest absolute Gasteiger partial charge is 0.356 e. The zero-order chi connectivity index (χ0) is 29.1. The number of hydrogen-bond acceptors (Lipinski definition) is 7. The molecule has 0 radical (unpaired) electrons. The van der Waals surface area contributed by atoms with Crippen molar-refractivity contribution in [1.82, 2.24) is 20.1 Å². The summed E-state index contributed by atoms with van der Waals surface area (Å²) in [4.78, 5) is 32.4. The summed E-state index contributed by atoms with van der Waals surface area (Å²) in [5, 5.41) is 9.74. The molecule has 2 amide bonds. The average Bonchev–Trinajstić information content (AvgIpc) is 3.22. The Morgan fingerprint density at radius 1 is 1.20 bits per heavy atom. The van der Waals surface area contributed by atoms with Crippen LogP contribution in [0.1, 0.15) is 35.2 Å². The van der Waals surface area contributed by atoms with Gasteiger partial charge in [0.2, 0.25) is 5.92 Å². The van der Waals surface area contributed by atoms with Crippen LogP contribution < -0.4 is 15.5 Å². The molecule has 40 heavy (non-hydrogen) atoms. The molecule has 13 heteroatoms. The molecule has 1 aromatic carbocycles. The van der Waals surface area contributed by atoms with Gasteiger partial charge in [-0.25, -0.2) is 18.0 Å². The molecule has 0 bridgehead atoms. The number of nitrogens with zero attached hydrogens (tertiary/aromatic N) is 5. The number of amides is 2. The van der Waals surface area contributed by atoms with E-state index in [0.717, 1.165) is 5.56 Å². The highest BCUT2D eigenvalue weighted by Gasteiger charge is 2.33. The summed E-state index contributed by atoms with van der Waals surface area (Å²) >= 11 is 0. The van der Waals surface area contributed by atoms with Crippen LogP contribution in [0.4, 0.5) is 20.3 Å². The molecule has 0 saturated carbocycles. The highest BCUT2D eigenvalue weighted by molar-refractivity contribution is 7.93. The number of carbonyl (C=O) groups is 2. The first-order valence-electron chi connectivity index (χ1n) is 12.8. The maximum absolute atomic E-state index is 14.1. The van der Waals surface area contributed by atoms with Crippen LogP contribution in [0.3, 0.4) is 0 Å². The van der Waals surface area contributed by atoms with E-state index in [0.29, 0.717) is 29.2 Å². The topological polar surface area (TPSA) is 122 Å². The second kappa shape index (κ2) is 11.8. The van der Waals surface area contributed by atoms with Crippen molar-refractivity contribution in [2.24, 2.45) is 11.4 Å². The van der Waals surface area contributed by atoms with Gasteiger partial charge in [0.05, 0.1) is 28.0 Å². The van der Waals surface area contributed by atoms with E-state index in [1.165, 1.54) is 12.3 Å². The van der Waals surface area contributed by atoms with E-state index in [-0.39, 0.29) is 42.8 Å². The van der Waals surface area contributed by atoms with Crippen LogP contribution in [0.2, 0.25) is 0 Å². The van der Waals surface area contributed by atoms with Gasteiger partial charge in [-0.3, -0.25) is 14.3 Å². The zero-order valence-electron chi connectivity index (χ0n) is 22.9. The number of likely N-dealkylation sites (N-methyl/N-ethyl adjacent to an activating group) is 1. The third kappa shape index (κ3) is 6.70. The Morgan fingerprint density at radius 2 is 1.98 bits per heavy atom. The molecule has 2 N–H and O–H groups in total. The van der Waals surface area contributed by atoms with Crippen molar-refractivity contribution in [2.45, 2.75) is 37.0 Å². The van der Waals surface area contributed by atoms with Crippen LogP contribution in [0.5, 0.6) is 0 Å². The van der Waals surface area contributed by atoms with Crippen molar-refractivity contribution in [3.05, 3.63) is 54.0 Å². The molecule has 3 heterocycles. The van der Waals surface area contributed by atoms with E-state index in [9.17, 15) is 22.6 Å². The first kappa shape index (κ1) is 29.3. The Balaban J connectivity index is 1.73. The number of pyridine rings is 1. The lowest BCUT2D eigenvalue weighted by molar-refractivity contribution is -0.116. The number of alkyl halides is 2. The molecule has 1 aliphatic heterocycles. The zero-order valence-corrected chi connectivity index (χ0v) is 23.7. The van der Waals surface area contributed by atoms with Crippen LogP contribution in [0.15, 0.2) is 52.1 Å². The van der Waals surface area contributed by atoms with Gasteiger partial charge < -0.3 is 15.5 Å². The van der Waals surface area contributed by atoms with Gasteiger partial charge in [-0.15, -0.1) is 0 Å². The Kier molecular flexibility index (Phi) is 8.64. The normalized spacial score (nSPS) is 16.6. The van der Waals surface area contributed by atoms with Crippen LogP contribution in [-0.2, 0) is 21.6 Å². The van der Waals surface area contributed by atoms with Crippen molar-refractivity contribution in [3.8, 4) is 11.1 Å². The summed E-state index contributed by atoms with van der Waals surface area (Å²) in [6.07, 6.45) is 6.18. The van der Waals surface area contributed by atoms with E-state index >= 15 is 0 Å². The summed E-state index contributed by atoms with van der Waals surface area (Å²) in [6, 6.07) is 6.33. The molecule has 1 saturated heterocycles. The van der Waals surface area contributed by atoms with Crippen LogP contribution in [0, 0.1) is 6.92 Å². The van der Waals surface area contributed by atoms with Crippen molar-refractivity contribution in [3.63, 3.8) is 0 Å². The predicted octanol–water partition coefficient (Wildman–Crippen LogP) is 3.87. The number of aromatic nitrogens is 3. The molecule has 1 aliphatic rings. The van der Waals surface area contributed by atoms with E-state index in [4.69, 9.17) is 0 Å². The minimum absolute atomic E-state index is 0.0496. The Morgan fingerprint density at radius 3 is 2.67 bits per heavy atom. The van der Waals surface area contributed by atoms with Gasteiger partial charge in [0.25, 0.3) is 11.8 Å². The van der Waals surface area contributed by atoms with E-state index in [1.807, 2.05) is 0 Å². The molecule has 0 spiro atoms. The van der Waals surface area contributed by atoms with E-state index in [2.05, 4.69) is 25.1 Å². The van der Waals surface area contributed by atoms with Crippen LogP contribution in [0.25, 0.3) is 11.1 Å². The molecule has 1 fully saturated rings. The number of rotatable bonds is 7. The molecule has 1 unspecified atom stereocenters. The number of halogens is 2. The first-order chi connectivity index (χ1) is 18.9. The molecule has 10 nitrogen and oxygen atoms in total. The number of carbonyl (C=O) groups excluding carboxylic acids is 2. The summed E-state index contributed by atoms with van der Waals surface area (Å²) in [5.74, 6) is -3.49. The van der Waals surface area contributed by atoms with E-state index in [1.54, 1.807) is 67.4 Å². The molecular weight excluding hydrogens is 540 g/mol. The highest BCUT2D eigenvalue weighted by atomic mass is 32.2. The quantitative estimate of drug-likeness (QED) is 0.440. The second-order valence-electron chi connectivity index (χ2n) is 9.89. The SMILES string of the molecule is CNCC(=O)N=S(C)(=O)c1cccc(NC(=O)c2c(N3CCCC(F)(F)CC3)ncc(-c3cnn(C)c3)c2C)c1. The molecule has 4 rings (SSSR count). The Labute approximate surface area is 232 Å². The Hall–Kier alpha value is -3.71. The number of benzene rings is 1. The lowest BCUT2D eigenvalue weighted by Gasteiger charge is -2.26. The maximum Gasteiger partial charge on any atom is 0.267 e. The highest BCUT2D eigenvalue weighted by Crippen LogP contribution is 2.34. The lowest BCUT2D eigenvalue weighted by Crippen LogP contribution is -2.30. The first-order valence-corrected chi connectivity index (χ1v) is 14.7. The Bertz CT molecular complexity index is 1550. The smallest absolute Gasteiger partial charge is 0.267 e.